The number of nitrogens with one attached hydrogen (secondary N) is 1. The van der Waals surface area contributed by atoms with Crippen molar-refractivity contribution in [2.24, 2.45) is 0 Å². The van der Waals surface area contributed by atoms with Crippen LogP contribution >= 0.6 is 15.9 Å². The summed E-state index contributed by atoms with van der Waals surface area (Å²) < 4.78 is 24.3. The fourth-order valence-corrected chi connectivity index (χ4v) is 3.11. The van der Waals surface area contributed by atoms with E-state index in [2.05, 4.69) is 26.1 Å². The zero-order valence-corrected chi connectivity index (χ0v) is 15.8. The third-order valence-electron chi connectivity index (χ3n) is 4.00. The van der Waals surface area contributed by atoms with Crippen LogP contribution in [-0.2, 0) is 16.1 Å². The highest BCUT2D eigenvalue weighted by Crippen LogP contribution is 2.25. The SMILES string of the molecule is O=C(COc1ccc(F)cc1Br)Nc1ccc(CN2CCOCC2)cc1. The van der Waals surface area contributed by atoms with E-state index in [1.807, 2.05) is 24.3 Å². The lowest BCUT2D eigenvalue weighted by atomic mass is 10.2. The zero-order valence-electron chi connectivity index (χ0n) is 14.2. The van der Waals surface area contributed by atoms with Gasteiger partial charge >= 0.3 is 0 Å². The second-order valence-corrected chi connectivity index (χ2v) is 6.85. The first kappa shape index (κ1) is 18.8. The van der Waals surface area contributed by atoms with Gasteiger partial charge in [0, 0.05) is 25.3 Å². The molecule has 138 valence electrons. The molecular weight excluding hydrogens is 403 g/mol. The molecule has 7 heteroatoms. The van der Waals surface area contributed by atoms with Crippen LogP contribution in [0.5, 0.6) is 5.75 Å². The molecule has 0 radical (unpaired) electrons. The summed E-state index contributed by atoms with van der Waals surface area (Å²) in [5, 5.41) is 2.79. The summed E-state index contributed by atoms with van der Waals surface area (Å²) in [6, 6.07) is 11.8. The number of rotatable bonds is 6. The van der Waals surface area contributed by atoms with Crippen LogP contribution in [-0.4, -0.2) is 43.7 Å². The molecule has 26 heavy (non-hydrogen) atoms. The Morgan fingerprint density at radius 2 is 1.92 bits per heavy atom. The van der Waals surface area contributed by atoms with Crippen molar-refractivity contribution < 1.29 is 18.7 Å². The molecule has 1 fully saturated rings. The molecule has 1 aliphatic rings. The normalized spacial score (nSPS) is 14.8. The summed E-state index contributed by atoms with van der Waals surface area (Å²) in [6.45, 7) is 4.15. The third kappa shape index (κ3) is 5.52. The molecular formula is C19H20BrFN2O3. The van der Waals surface area contributed by atoms with E-state index >= 15 is 0 Å². The maximum atomic E-state index is 13.0. The molecule has 0 spiro atoms. The Labute approximate surface area is 160 Å². The molecule has 1 N–H and O–H groups in total. The third-order valence-corrected chi connectivity index (χ3v) is 4.62. The van der Waals surface area contributed by atoms with E-state index < -0.39 is 0 Å². The minimum atomic E-state index is -0.370. The number of anilines is 1. The average Bonchev–Trinajstić information content (AvgIpc) is 2.63. The molecule has 1 amide bonds. The van der Waals surface area contributed by atoms with Crippen LogP contribution in [0.4, 0.5) is 10.1 Å². The van der Waals surface area contributed by atoms with E-state index in [1.165, 1.54) is 23.8 Å². The van der Waals surface area contributed by atoms with E-state index in [0.717, 1.165) is 32.8 Å². The highest BCUT2D eigenvalue weighted by Gasteiger charge is 2.11. The summed E-state index contributed by atoms with van der Waals surface area (Å²) in [5.41, 5.74) is 1.90. The van der Waals surface area contributed by atoms with E-state index in [1.54, 1.807) is 0 Å². The van der Waals surface area contributed by atoms with Crippen LogP contribution in [0.25, 0.3) is 0 Å². The highest BCUT2D eigenvalue weighted by molar-refractivity contribution is 9.10. The molecule has 0 saturated carbocycles. The van der Waals surface area contributed by atoms with E-state index in [4.69, 9.17) is 9.47 Å². The zero-order chi connectivity index (χ0) is 18.4. The largest absolute Gasteiger partial charge is 0.483 e. The minimum Gasteiger partial charge on any atom is -0.483 e. The molecule has 1 heterocycles. The van der Waals surface area contributed by atoms with Crippen molar-refractivity contribution in [2.45, 2.75) is 6.54 Å². The van der Waals surface area contributed by atoms with Gasteiger partial charge in [0.25, 0.3) is 5.91 Å². The summed E-state index contributed by atoms with van der Waals surface area (Å²) in [6.07, 6.45) is 0. The molecule has 2 aromatic carbocycles. The van der Waals surface area contributed by atoms with Crippen LogP contribution in [0.15, 0.2) is 46.9 Å². The minimum absolute atomic E-state index is 0.153. The molecule has 0 aromatic heterocycles. The Balaban J connectivity index is 1.47. The van der Waals surface area contributed by atoms with E-state index in [-0.39, 0.29) is 18.3 Å². The molecule has 0 atom stereocenters. The van der Waals surface area contributed by atoms with Crippen molar-refractivity contribution in [3.8, 4) is 5.75 Å². The van der Waals surface area contributed by atoms with Gasteiger partial charge in [0.05, 0.1) is 17.7 Å². The Kier molecular flexibility index (Phi) is 6.60. The first-order valence-corrected chi connectivity index (χ1v) is 9.16. The van der Waals surface area contributed by atoms with Crippen LogP contribution in [0.3, 0.4) is 0 Å². The molecule has 0 unspecified atom stereocenters. The van der Waals surface area contributed by atoms with Gasteiger partial charge in [-0.3, -0.25) is 9.69 Å². The topological polar surface area (TPSA) is 50.8 Å². The van der Waals surface area contributed by atoms with E-state index in [9.17, 15) is 9.18 Å². The Hall–Kier alpha value is -1.96. The number of nitrogens with zero attached hydrogens (tertiary/aromatic N) is 1. The Bertz CT molecular complexity index is 749. The maximum Gasteiger partial charge on any atom is 0.262 e. The molecule has 0 bridgehead atoms. The van der Waals surface area contributed by atoms with Crippen LogP contribution < -0.4 is 10.1 Å². The van der Waals surface area contributed by atoms with Gasteiger partial charge < -0.3 is 14.8 Å². The number of carbonyl (C=O) groups is 1. The number of morpholine rings is 1. The average molecular weight is 423 g/mol. The van der Waals surface area contributed by atoms with Gasteiger partial charge in [-0.25, -0.2) is 4.39 Å². The molecule has 0 aliphatic carbocycles. The molecule has 2 aromatic rings. The number of amides is 1. The Morgan fingerprint density at radius 3 is 2.62 bits per heavy atom. The molecule has 3 rings (SSSR count). The lowest BCUT2D eigenvalue weighted by Crippen LogP contribution is -2.35. The molecule has 5 nitrogen and oxygen atoms in total. The molecule has 1 aliphatic heterocycles. The van der Waals surface area contributed by atoms with Gasteiger partial charge in [0.2, 0.25) is 0 Å². The number of ether oxygens (including phenoxy) is 2. The first-order valence-electron chi connectivity index (χ1n) is 8.37. The van der Waals surface area contributed by atoms with Gasteiger partial charge in [0.1, 0.15) is 11.6 Å². The van der Waals surface area contributed by atoms with Crippen molar-refractivity contribution in [3.63, 3.8) is 0 Å². The van der Waals surface area contributed by atoms with Crippen molar-refractivity contribution in [3.05, 3.63) is 58.3 Å². The standard InChI is InChI=1S/C19H20BrFN2O3/c20-17-11-15(21)3-6-18(17)26-13-19(24)22-16-4-1-14(2-5-16)12-23-7-9-25-10-8-23/h1-6,11H,7-10,12-13H2,(H,22,24). The maximum absolute atomic E-state index is 13.0. The van der Waals surface area contributed by atoms with Gasteiger partial charge in [-0.2, -0.15) is 0 Å². The predicted molar refractivity (Wildman–Crippen MR) is 101 cm³/mol. The van der Waals surface area contributed by atoms with Crippen molar-refractivity contribution >= 4 is 27.5 Å². The summed E-state index contributed by atoms with van der Waals surface area (Å²) in [7, 11) is 0. The number of halogens is 2. The number of benzene rings is 2. The Morgan fingerprint density at radius 1 is 1.19 bits per heavy atom. The van der Waals surface area contributed by atoms with Crippen molar-refractivity contribution in [1.82, 2.24) is 4.90 Å². The lowest BCUT2D eigenvalue weighted by Gasteiger charge is -2.26. The number of carbonyl (C=O) groups excluding carboxylic acids is 1. The van der Waals surface area contributed by atoms with Gasteiger partial charge in [0.15, 0.2) is 6.61 Å². The second kappa shape index (κ2) is 9.12. The number of hydrogen-bond donors (Lipinski definition) is 1. The summed E-state index contributed by atoms with van der Waals surface area (Å²) in [5.74, 6) is -0.226. The smallest absolute Gasteiger partial charge is 0.262 e. The van der Waals surface area contributed by atoms with Crippen LogP contribution in [0.2, 0.25) is 0 Å². The second-order valence-electron chi connectivity index (χ2n) is 6.00. The predicted octanol–water partition coefficient (Wildman–Crippen LogP) is 3.44. The summed E-state index contributed by atoms with van der Waals surface area (Å²) in [4.78, 5) is 14.4. The van der Waals surface area contributed by atoms with Crippen LogP contribution in [0.1, 0.15) is 5.56 Å². The van der Waals surface area contributed by atoms with Gasteiger partial charge in [-0.05, 0) is 51.8 Å². The van der Waals surface area contributed by atoms with Crippen molar-refractivity contribution in [2.75, 3.05) is 38.2 Å². The monoisotopic (exact) mass is 422 g/mol. The van der Waals surface area contributed by atoms with Gasteiger partial charge in [-0.1, -0.05) is 12.1 Å². The highest BCUT2D eigenvalue weighted by atomic mass is 79.9. The van der Waals surface area contributed by atoms with E-state index in [0.29, 0.717) is 15.9 Å². The lowest BCUT2D eigenvalue weighted by molar-refractivity contribution is -0.118. The van der Waals surface area contributed by atoms with Crippen molar-refractivity contribution in [1.29, 1.82) is 0 Å². The quantitative estimate of drug-likeness (QED) is 0.774. The van der Waals surface area contributed by atoms with Gasteiger partial charge in [-0.15, -0.1) is 0 Å². The summed E-state index contributed by atoms with van der Waals surface area (Å²) >= 11 is 3.20. The number of hydrogen-bond acceptors (Lipinski definition) is 4. The van der Waals surface area contributed by atoms with Crippen LogP contribution in [0, 0.1) is 5.82 Å². The fourth-order valence-electron chi connectivity index (χ4n) is 2.64. The first-order chi connectivity index (χ1) is 12.6. The fraction of sp³-hybridized carbons (Fsp3) is 0.316. The molecule has 1 saturated heterocycles.